The smallest absolute Gasteiger partial charge is 0.315 e. The Hall–Kier alpha value is -3.08. The molecule has 0 saturated heterocycles. The lowest BCUT2D eigenvalue weighted by molar-refractivity contribution is 0.237. The molecule has 3 rings (SSSR count). The van der Waals surface area contributed by atoms with Crippen LogP contribution in [0.3, 0.4) is 0 Å². The summed E-state index contributed by atoms with van der Waals surface area (Å²) < 4.78 is 1.94. The number of carbonyl (C=O) groups excluding carboxylic acids is 1. The molecule has 2 N–H and O–H groups in total. The van der Waals surface area contributed by atoms with Crippen molar-refractivity contribution < 1.29 is 4.79 Å². The highest BCUT2D eigenvalue weighted by Gasteiger charge is 2.09. The van der Waals surface area contributed by atoms with Crippen LogP contribution >= 0.6 is 0 Å². The number of imidazole rings is 1. The molecule has 0 bridgehead atoms. The highest BCUT2D eigenvalue weighted by molar-refractivity contribution is 5.74. The van der Waals surface area contributed by atoms with Gasteiger partial charge in [-0.3, -0.25) is 0 Å². The standard InChI is InChI=1S/C19H20N4O/c1-15(22-19(24)21-13-16-5-3-2-4-6-16)17-7-9-18(10-8-17)23-12-11-20-14-23/h2-12,14-15H,13H2,1H3,(H2,21,22,24)/t15-/m0/s1. The summed E-state index contributed by atoms with van der Waals surface area (Å²) in [7, 11) is 0. The Balaban J connectivity index is 1.54. The van der Waals surface area contributed by atoms with Crippen molar-refractivity contribution in [1.82, 2.24) is 20.2 Å². The molecule has 1 atom stereocenters. The Labute approximate surface area is 141 Å². The van der Waals surface area contributed by atoms with E-state index >= 15 is 0 Å². The molecule has 0 fully saturated rings. The minimum absolute atomic E-state index is 0.0717. The molecule has 0 aliphatic heterocycles. The van der Waals surface area contributed by atoms with Crippen molar-refractivity contribution in [3.63, 3.8) is 0 Å². The van der Waals surface area contributed by atoms with Crippen molar-refractivity contribution in [2.75, 3.05) is 0 Å². The zero-order valence-electron chi connectivity index (χ0n) is 13.5. The molecule has 24 heavy (non-hydrogen) atoms. The fourth-order valence-electron chi connectivity index (χ4n) is 2.46. The van der Waals surface area contributed by atoms with E-state index in [1.54, 1.807) is 12.5 Å². The highest BCUT2D eigenvalue weighted by Crippen LogP contribution is 2.15. The first kappa shape index (κ1) is 15.8. The lowest BCUT2D eigenvalue weighted by Crippen LogP contribution is -2.36. The Morgan fingerprint density at radius 1 is 1.12 bits per heavy atom. The maximum absolute atomic E-state index is 12.0. The van der Waals surface area contributed by atoms with Crippen LogP contribution < -0.4 is 10.6 Å². The lowest BCUT2D eigenvalue weighted by Gasteiger charge is -2.15. The number of benzene rings is 2. The van der Waals surface area contributed by atoms with Crippen molar-refractivity contribution in [3.05, 3.63) is 84.4 Å². The van der Waals surface area contributed by atoms with Crippen LogP contribution in [0, 0.1) is 0 Å². The monoisotopic (exact) mass is 320 g/mol. The molecular formula is C19H20N4O. The average molecular weight is 320 g/mol. The average Bonchev–Trinajstić information content (AvgIpc) is 3.16. The summed E-state index contributed by atoms with van der Waals surface area (Å²) in [6.45, 7) is 2.48. The topological polar surface area (TPSA) is 59.0 Å². The van der Waals surface area contributed by atoms with Crippen molar-refractivity contribution in [3.8, 4) is 5.69 Å². The number of rotatable bonds is 5. The van der Waals surface area contributed by atoms with Gasteiger partial charge in [-0.1, -0.05) is 42.5 Å². The maximum Gasteiger partial charge on any atom is 0.315 e. The lowest BCUT2D eigenvalue weighted by atomic mass is 10.1. The molecule has 3 aromatic rings. The fraction of sp³-hybridized carbons (Fsp3) is 0.158. The molecule has 5 nitrogen and oxygen atoms in total. The van der Waals surface area contributed by atoms with E-state index in [0.717, 1.165) is 16.8 Å². The molecule has 5 heteroatoms. The van der Waals surface area contributed by atoms with E-state index in [4.69, 9.17) is 0 Å². The van der Waals surface area contributed by atoms with E-state index in [9.17, 15) is 4.79 Å². The Morgan fingerprint density at radius 2 is 1.88 bits per heavy atom. The molecule has 1 aromatic heterocycles. The van der Waals surface area contributed by atoms with Gasteiger partial charge in [0, 0.05) is 24.6 Å². The van der Waals surface area contributed by atoms with Gasteiger partial charge in [-0.25, -0.2) is 9.78 Å². The number of aromatic nitrogens is 2. The van der Waals surface area contributed by atoms with Gasteiger partial charge in [0.2, 0.25) is 0 Å². The summed E-state index contributed by atoms with van der Waals surface area (Å²) in [6.07, 6.45) is 5.40. The van der Waals surface area contributed by atoms with Crippen LogP contribution in [0.2, 0.25) is 0 Å². The van der Waals surface area contributed by atoms with E-state index in [1.165, 1.54) is 0 Å². The van der Waals surface area contributed by atoms with E-state index in [0.29, 0.717) is 6.54 Å². The second-order valence-corrected chi connectivity index (χ2v) is 5.60. The summed E-state index contributed by atoms with van der Waals surface area (Å²) in [5.41, 5.74) is 3.16. The summed E-state index contributed by atoms with van der Waals surface area (Å²) in [5.74, 6) is 0. The highest BCUT2D eigenvalue weighted by atomic mass is 16.2. The second-order valence-electron chi connectivity index (χ2n) is 5.60. The first-order valence-corrected chi connectivity index (χ1v) is 7.89. The molecule has 0 radical (unpaired) electrons. The Kier molecular flexibility index (Phi) is 4.91. The molecule has 0 saturated carbocycles. The minimum Gasteiger partial charge on any atom is -0.334 e. The van der Waals surface area contributed by atoms with Crippen molar-refractivity contribution >= 4 is 6.03 Å². The van der Waals surface area contributed by atoms with Gasteiger partial charge >= 0.3 is 6.03 Å². The van der Waals surface area contributed by atoms with E-state index < -0.39 is 0 Å². The summed E-state index contributed by atoms with van der Waals surface area (Å²) >= 11 is 0. The van der Waals surface area contributed by atoms with Crippen molar-refractivity contribution in [2.24, 2.45) is 0 Å². The fourth-order valence-corrected chi connectivity index (χ4v) is 2.46. The molecule has 0 aliphatic rings. The molecule has 1 heterocycles. The zero-order chi connectivity index (χ0) is 16.8. The van der Waals surface area contributed by atoms with Crippen LogP contribution in [-0.4, -0.2) is 15.6 Å². The number of nitrogens with one attached hydrogen (secondary N) is 2. The number of nitrogens with zero attached hydrogens (tertiary/aromatic N) is 2. The largest absolute Gasteiger partial charge is 0.334 e. The van der Waals surface area contributed by atoms with Gasteiger partial charge in [-0.05, 0) is 30.2 Å². The number of hydrogen-bond donors (Lipinski definition) is 2. The van der Waals surface area contributed by atoms with Gasteiger partial charge in [0.1, 0.15) is 0 Å². The predicted octanol–water partition coefficient (Wildman–Crippen LogP) is 3.43. The van der Waals surface area contributed by atoms with Gasteiger partial charge in [0.25, 0.3) is 0 Å². The predicted molar refractivity (Wildman–Crippen MR) is 93.8 cm³/mol. The number of urea groups is 1. The van der Waals surface area contributed by atoms with Gasteiger partial charge in [-0.15, -0.1) is 0 Å². The van der Waals surface area contributed by atoms with Gasteiger partial charge < -0.3 is 15.2 Å². The van der Waals surface area contributed by atoms with Gasteiger partial charge in [0.15, 0.2) is 0 Å². The zero-order valence-corrected chi connectivity index (χ0v) is 13.5. The van der Waals surface area contributed by atoms with Gasteiger partial charge in [-0.2, -0.15) is 0 Å². The van der Waals surface area contributed by atoms with E-state index in [-0.39, 0.29) is 12.1 Å². The SMILES string of the molecule is C[C@H](NC(=O)NCc1ccccc1)c1ccc(-n2ccnc2)cc1. The van der Waals surface area contributed by atoms with Crippen molar-refractivity contribution in [1.29, 1.82) is 0 Å². The van der Waals surface area contributed by atoms with Crippen LogP contribution in [0.1, 0.15) is 24.1 Å². The number of hydrogen-bond acceptors (Lipinski definition) is 2. The maximum atomic E-state index is 12.0. The first-order chi connectivity index (χ1) is 11.7. The quantitative estimate of drug-likeness (QED) is 0.756. The third-order valence-electron chi connectivity index (χ3n) is 3.84. The van der Waals surface area contributed by atoms with Crippen LogP contribution in [0.4, 0.5) is 4.79 Å². The Bertz CT molecular complexity index is 767. The number of amides is 2. The van der Waals surface area contributed by atoms with Gasteiger partial charge in [0.05, 0.1) is 12.4 Å². The van der Waals surface area contributed by atoms with E-state index in [2.05, 4.69) is 15.6 Å². The van der Waals surface area contributed by atoms with Crippen LogP contribution in [0.25, 0.3) is 5.69 Å². The molecule has 0 unspecified atom stereocenters. The minimum atomic E-state index is -0.176. The molecular weight excluding hydrogens is 300 g/mol. The van der Waals surface area contributed by atoms with Crippen LogP contribution in [-0.2, 0) is 6.54 Å². The Morgan fingerprint density at radius 3 is 2.54 bits per heavy atom. The van der Waals surface area contributed by atoms with Crippen molar-refractivity contribution in [2.45, 2.75) is 19.5 Å². The third-order valence-corrected chi connectivity index (χ3v) is 3.84. The molecule has 0 spiro atoms. The third kappa shape index (κ3) is 4.01. The molecule has 2 amide bonds. The molecule has 2 aromatic carbocycles. The second kappa shape index (κ2) is 7.46. The number of carbonyl (C=O) groups is 1. The summed E-state index contributed by atoms with van der Waals surface area (Å²) in [5, 5.41) is 5.82. The van der Waals surface area contributed by atoms with Crippen LogP contribution in [0.15, 0.2) is 73.3 Å². The first-order valence-electron chi connectivity index (χ1n) is 7.89. The molecule has 122 valence electrons. The summed E-state index contributed by atoms with van der Waals surface area (Å²) in [4.78, 5) is 16.1. The summed E-state index contributed by atoms with van der Waals surface area (Å²) in [6, 6.07) is 17.6. The normalized spacial score (nSPS) is 11.7. The molecule has 0 aliphatic carbocycles. The van der Waals surface area contributed by atoms with Crippen LogP contribution in [0.5, 0.6) is 0 Å². The van der Waals surface area contributed by atoms with E-state index in [1.807, 2.05) is 72.3 Å².